The van der Waals surface area contributed by atoms with Crippen molar-refractivity contribution in [3.63, 3.8) is 0 Å². The van der Waals surface area contributed by atoms with Gasteiger partial charge in [0.1, 0.15) is 30.8 Å². The molecule has 1 aromatic rings. The number of hydrogen-bond donors (Lipinski definition) is 9. The molecule has 0 spiro atoms. The zero-order valence-electron chi connectivity index (χ0n) is 32.4. The second-order valence-electron chi connectivity index (χ2n) is 10.9. The molecule has 0 heterocycles. The molecule has 10 N–H and O–H groups in total. The van der Waals surface area contributed by atoms with Gasteiger partial charge >= 0.3 is 18.2 Å². The molecule has 0 aliphatic heterocycles. The quantitative estimate of drug-likeness (QED) is 0.136. The first-order valence-electron chi connectivity index (χ1n) is 16.7. The number of carboxylic acid groups (broad SMARTS) is 1. The van der Waals surface area contributed by atoms with Gasteiger partial charge in [-0.3, -0.25) is 28.8 Å². The number of allylic oxidation sites excluding steroid dienone is 5. The summed E-state index contributed by atoms with van der Waals surface area (Å²) in [5.74, 6) is -2.95. The number of amides is 6. The Morgan fingerprint density at radius 3 is 1.51 bits per heavy atom. The van der Waals surface area contributed by atoms with E-state index in [2.05, 4.69) is 44.2 Å². The maximum atomic E-state index is 12.2. The van der Waals surface area contributed by atoms with Gasteiger partial charge in [-0.05, 0) is 70.2 Å². The molecule has 0 aromatic heterocycles. The highest BCUT2D eigenvalue weighted by atomic mass is 16.5. The van der Waals surface area contributed by atoms with Gasteiger partial charge in [0, 0.05) is 25.6 Å². The predicted octanol–water partition coefficient (Wildman–Crippen LogP) is 1.07. The molecular weight excluding hydrogens is 720 g/mol. The number of carbonyl (C=O) groups excluding carboxylic acids is 8. The molecule has 4 atom stereocenters. The van der Waals surface area contributed by atoms with Crippen molar-refractivity contribution in [3.05, 3.63) is 66.3 Å². The lowest BCUT2D eigenvalue weighted by Gasteiger charge is -2.18. The fraction of sp³-hybridized carbons (Fsp3) is 0.417. The number of carbonyl (C=O) groups is 7. The van der Waals surface area contributed by atoms with E-state index in [0.29, 0.717) is 11.4 Å². The lowest BCUT2D eigenvalue weighted by Crippen LogP contribution is -2.50. The third kappa shape index (κ3) is 26.9. The molecule has 0 fully saturated rings. The van der Waals surface area contributed by atoms with Gasteiger partial charge in [-0.15, -0.1) is 0 Å². The molecule has 0 saturated carbocycles. The van der Waals surface area contributed by atoms with Crippen molar-refractivity contribution in [2.75, 3.05) is 19.4 Å². The van der Waals surface area contributed by atoms with Crippen LogP contribution in [-0.4, -0.2) is 96.8 Å². The topological polar surface area (TPSA) is 305 Å². The summed E-state index contributed by atoms with van der Waals surface area (Å²) in [7, 11) is 2.97. The minimum atomic E-state index is -1.11. The van der Waals surface area contributed by atoms with Crippen LogP contribution in [0.3, 0.4) is 0 Å². The van der Waals surface area contributed by atoms with Crippen LogP contribution in [-0.2, 0) is 49.7 Å². The Kier molecular flexibility index (Phi) is 29.9. The monoisotopic (exact) mass is 774 g/mol. The predicted molar refractivity (Wildman–Crippen MR) is 203 cm³/mol. The minimum Gasteiger partial charge on any atom is -0.480 e. The van der Waals surface area contributed by atoms with Crippen LogP contribution in [0, 0.1) is 5.41 Å². The van der Waals surface area contributed by atoms with E-state index >= 15 is 0 Å². The summed E-state index contributed by atoms with van der Waals surface area (Å²) in [6.45, 7) is 13.1. The number of rotatable bonds is 13. The molecule has 0 bridgehead atoms. The Labute approximate surface area is 320 Å². The molecule has 6 amide bonds. The van der Waals surface area contributed by atoms with E-state index in [1.165, 1.54) is 27.9 Å². The summed E-state index contributed by atoms with van der Waals surface area (Å²) in [4.78, 5) is 95.5. The van der Waals surface area contributed by atoms with Crippen molar-refractivity contribution in [1.29, 1.82) is 5.41 Å². The van der Waals surface area contributed by atoms with Gasteiger partial charge < -0.3 is 52.9 Å². The maximum absolute atomic E-state index is 12.2. The number of aliphatic carboxylic acids is 1. The van der Waals surface area contributed by atoms with Gasteiger partial charge in [0.2, 0.25) is 29.5 Å². The first kappa shape index (κ1) is 52.9. The van der Waals surface area contributed by atoms with Crippen molar-refractivity contribution in [3.8, 4) is 0 Å². The van der Waals surface area contributed by atoms with E-state index in [4.69, 9.17) is 24.8 Å². The van der Waals surface area contributed by atoms with Crippen molar-refractivity contribution in [2.45, 2.75) is 85.2 Å². The van der Waals surface area contributed by atoms with Gasteiger partial charge in [0.25, 0.3) is 0 Å². The molecule has 1 aliphatic rings. The summed E-state index contributed by atoms with van der Waals surface area (Å²) < 4.78 is 4.92. The number of carboxylic acids is 1. The third-order valence-electron chi connectivity index (χ3n) is 6.41. The molecule has 0 saturated heterocycles. The highest BCUT2D eigenvalue weighted by Crippen LogP contribution is 2.11. The smallest absolute Gasteiger partial charge is 0.407 e. The average Bonchev–Trinajstić information content (AvgIpc) is 3.16. The van der Waals surface area contributed by atoms with Crippen LogP contribution in [0.1, 0.15) is 59.9 Å². The van der Waals surface area contributed by atoms with E-state index in [1.54, 1.807) is 64.1 Å². The lowest BCUT2D eigenvalue weighted by molar-refractivity contribution is -0.191. The number of benzene rings is 1. The molecule has 2 rings (SSSR count). The van der Waals surface area contributed by atoms with Gasteiger partial charge in [0.05, 0.1) is 5.71 Å². The van der Waals surface area contributed by atoms with Crippen LogP contribution in [0.15, 0.2) is 60.7 Å². The molecule has 19 heteroatoms. The third-order valence-corrected chi connectivity index (χ3v) is 6.41. The maximum Gasteiger partial charge on any atom is 0.407 e. The molecule has 1 aliphatic carbocycles. The highest BCUT2D eigenvalue weighted by Gasteiger charge is 2.21. The summed E-state index contributed by atoms with van der Waals surface area (Å²) in [6.07, 6.45) is 7.38. The normalized spacial score (nSPS) is 12.6. The fourth-order valence-corrected chi connectivity index (χ4v) is 3.28. The van der Waals surface area contributed by atoms with Crippen LogP contribution >= 0.6 is 0 Å². The van der Waals surface area contributed by atoms with Crippen molar-refractivity contribution < 1.29 is 53.0 Å². The van der Waals surface area contributed by atoms with Gasteiger partial charge in [0.15, 0.2) is 0 Å². The fourth-order valence-electron chi connectivity index (χ4n) is 3.28. The van der Waals surface area contributed by atoms with E-state index < -0.39 is 54.0 Å². The van der Waals surface area contributed by atoms with E-state index in [1.807, 2.05) is 12.2 Å². The van der Waals surface area contributed by atoms with Crippen LogP contribution in [0.4, 0.5) is 10.5 Å². The van der Waals surface area contributed by atoms with Crippen molar-refractivity contribution >= 4 is 59.1 Å². The number of nitrogens with one attached hydrogen (secondary N) is 7. The van der Waals surface area contributed by atoms with E-state index in [0.717, 1.165) is 11.1 Å². The number of anilines is 1. The molecule has 0 radical (unpaired) electrons. The molecule has 1 aromatic carbocycles. The largest absolute Gasteiger partial charge is 0.480 e. The van der Waals surface area contributed by atoms with Crippen LogP contribution in [0.2, 0.25) is 0 Å². The van der Waals surface area contributed by atoms with Gasteiger partial charge in [-0.2, -0.15) is 9.59 Å². The Morgan fingerprint density at radius 1 is 0.745 bits per heavy atom. The molecule has 19 nitrogen and oxygen atoms in total. The highest BCUT2D eigenvalue weighted by molar-refractivity contribution is 6.03. The van der Waals surface area contributed by atoms with Crippen LogP contribution in [0.25, 0.3) is 0 Å². The van der Waals surface area contributed by atoms with Crippen LogP contribution < -0.4 is 37.6 Å². The number of alkyl carbamates (subject to hydrolysis) is 1. The number of nitrogens with two attached hydrogens (primary N) is 1. The average molecular weight is 775 g/mol. The van der Waals surface area contributed by atoms with Crippen molar-refractivity contribution in [2.24, 2.45) is 5.73 Å². The van der Waals surface area contributed by atoms with E-state index in [9.17, 15) is 33.6 Å². The van der Waals surface area contributed by atoms with Gasteiger partial charge in [-0.25, -0.2) is 4.79 Å². The van der Waals surface area contributed by atoms with Crippen molar-refractivity contribution in [1.82, 2.24) is 26.6 Å². The Hall–Kier alpha value is -6.46. The Balaban J connectivity index is -0.000000802. The summed E-state index contributed by atoms with van der Waals surface area (Å²) in [6, 6.07) is 3.56. The molecule has 55 heavy (non-hydrogen) atoms. The first-order chi connectivity index (χ1) is 25.8. The van der Waals surface area contributed by atoms with Crippen LogP contribution in [0.5, 0.6) is 0 Å². The zero-order chi connectivity index (χ0) is 43.1. The molecular formula is C36H54N8O11. The Bertz CT molecular complexity index is 1500. The minimum absolute atomic E-state index is 0.113. The standard InChI is InChI=1S/C18H26N4O5.C9H16N2O4.C7H7N.CH5N.CO2/c1-5-15(23)20-11(2)16(24)21-12(3)17(25)22-14-8-6-13(7-9-14)10-27-18(26)19-4;1-4-7(12)10-5(2)8(13)11-6(3)9(14)15;1-6-2-4-7(8)5-3-6;1-2;2-1-3/h6-9,11-12H,5,10H2,1-4H3,(H,19,26)(H,20,23)(H,21,24)(H,22,25);5-6H,4H2,1-3H3,(H,10,12)(H,11,13)(H,14,15);2-5,8H,1H2;2H2,1H3;/t11-,12-;5-,6-;;;/m00.../s1. The lowest BCUT2D eigenvalue weighted by atomic mass is 10.1. The second kappa shape index (κ2) is 31.1. The first-order valence-corrected chi connectivity index (χ1v) is 16.7. The Morgan fingerprint density at radius 2 is 1.15 bits per heavy atom. The second-order valence-corrected chi connectivity index (χ2v) is 10.9. The van der Waals surface area contributed by atoms with Gasteiger partial charge in [-0.1, -0.05) is 44.7 Å². The zero-order valence-corrected chi connectivity index (χ0v) is 32.4. The van der Waals surface area contributed by atoms with E-state index in [-0.39, 0.29) is 37.4 Å². The molecule has 304 valence electrons. The SMILES string of the molecule is C=C1C=CC(=N)C=C1.CCC(=O)N[C@@H](C)C(=O)N[C@@H](C)C(=O)Nc1ccc(COC(=O)NC)cc1.CCC(=O)N[C@@H](C)C(=O)N[C@@H](C)C(=O)O.CN.O=C=O. The summed E-state index contributed by atoms with van der Waals surface area (Å²) in [5.41, 5.74) is 7.30. The molecule has 0 unspecified atom stereocenters. The summed E-state index contributed by atoms with van der Waals surface area (Å²) >= 11 is 0. The number of hydrogen-bond acceptors (Lipinski definition) is 12. The number of ether oxygens (including phenoxy) is 1. The summed E-state index contributed by atoms with van der Waals surface area (Å²) in [5, 5.41) is 30.4.